The highest BCUT2D eigenvalue weighted by molar-refractivity contribution is 5.71. The van der Waals surface area contributed by atoms with Crippen molar-refractivity contribution in [2.75, 3.05) is 47.5 Å². The quantitative estimate of drug-likeness (QED) is 0.0211. The summed E-state index contributed by atoms with van der Waals surface area (Å²) in [5.41, 5.74) is 0. The molecule has 68 heavy (non-hydrogen) atoms. The van der Waals surface area contributed by atoms with Crippen LogP contribution in [0.2, 0.25) is 0 Å². The van der Waals surface area contributed by atoms with Crippen molar-refractivity contribution < 1.29 is 42.9 Å². The lowest BCUT2D eigenvalue weighted by Gasteiger charge is -2.25. The molecule has 0 saturated carbocycles. The molecule has 9 heteroatoms. The van der Waals surface area contributed by atoms with E-state index in [1.54, 1.807) is 0 Å². The van der Waals surface area contributed by atoms with E-state index >= 15 is 0 Å². The predicted octanol–water partition coefficient (Wildman–Crippen LogP) is 15.8. The van der Waals surface area contributed by atoms with Crippen LogP contribution in [0.5, 0.6) is 0 Å². The maximum Gasteiger partial charge on any atom is 0.361 e. The van der Waals surface area contributed by atoms with Crippen LogP contribution in [0, 0.1) is 0 Å². The molecular formula is C59H104NO8+. The topological polar surface area (TPSA) is 108 Å². The van der Waals surface area contributed by atoms with Gasteiger partial charge in [-0.2, -0.15) is 0 Å². The number of hydrogen-bond acceptors (Lipinski definition) is 7. The lowest BCUT2D eigenvalue weighted by molar-refractivity contribution is -0.870. The summed E-state index contributed by atoms with van der Waals surface area (Å²) in [6.45, 7) is 4.73. The number of ether oxygens (including phenoxy) is 4. The molecule has 0 aromatic heterocycles. The SMILES string of the molecule is CC/C=C\C/C=C\C/C=C\C/C=C\CCCCCCCCCCCCCCCCC(=O)OC(COC(=O)CCCCCCC/C=C\C/C=C\CCCCCC)COC(OCC[N+](C)(C)C)C(=O)O. The zero-order chi connectivity index (χ0) is 49.9. The molecule has 0 heterocycles. The lowest BCUT2D eigenvalue weighted by Crippen LogP contribution is -2.40. The molecule has 2 atom stereocenters. The van der Waals surface area contributed by atoms with Gasteiger partial charge in [0.2, 0.25) is 0 Å². The second kappa shape index (κ2) is 50.1. The van der Waals surface area contributed by atoms with Crippen molar-refractivity contribution in [3.8, 4) is 0 Å². The van der Waals surface area contributed by atoms with E-state index in [0.717, 1.165) is 83.5 Å². The summed E-state index contributed by atoms with van der Waals surface area (Å²) < 4.78 is 22.8. The van der Waals surface area contributed by atoms with E-state index in [-0.39, 0.29) is 38.6 Å². The van der Waals surface area contributed by atoms with Crippen LogP contribution in [0.4, 0.5) is 0 Å². The van der Waals surface area contributed by atoms with Crippen LogP contribution >= 0.6 is 0 Å². The third-order valence-electron chi connectivity index (χ3n) is 11.7. The molecule has 2 unspecified atom stereocenters. The van der Waals surface area contributed by atoms with Crippen LogP contribution in [-0.2, 0) is 33.3 Å². The van der Waals surface area contributed by atoms with Crippen molar-refractivity contribution in [3.05, 3.63) is 72.9 Å². The Morgan fingerprint density at radius 1 is 0.456 bits per heavy atom. The van der Waals surface area contributed by atoms with Crippen LogP contribution in [0.25, 0.3) is 0 Å². The molecule has 0 radical (unpaired) electrons. The Balaban J connectivity index is 4.25. The normalized spacial score (nSPS) is 13.4. The third kappa shape index (κ3) is 50.6. The fourth-order valence-electron chi connectivity index (χ4n) is 7.45. The fourth-order valence-corrected chi connectivity index (χ4v) is 7.45. The number of carbonyl (C=O) groups excluding carboxylic acids is 2. The summed E-state index contributed by atoms with van der Waals surface area (Å²) in [6, 6.07) is 0. The number of likely N-dealkylation sites (N-methyl/N-ethyl adjacent to an activating group) is 1. The highest BCUT2D eigenvalue weighted by Gasteiger charge is 2.25. The minimum Gasteiger partial charge on any atom is -0.477 e. The maximum absolute atomic E-state index is 12.9. The Morgan fingerprint density at radius 2 is 0.838 bits per heavy atom. The van der Waals surface area contributed by atoms with Crippen molar-refractivity contribution in [1.29, 1.82) is 0 Å². The first-order valence-corrected chi connectivity index (χ1v) is 27.6. The number of nitrogens with zero attached hydrogens (tertiary/aromatic N) is 1. The van der Waals surface area contributed by atoms with E-state index in [4.69, 9.17) is 18.9 Å². The molecular weight excluding hydrogens is 851 g/mol. The standard InChI is InChI=1S/C59H103NO8/c1-6-8-10-12-14-16-18-20-22-24-25-26-27-28-29-30-31-32-33-34-36-38-40-42-44-46-48-50-57(62)68-55(54-67-59(58(63)64)65-52-51-60(3,4)5)53-66-56(61)49-47-45-43-41-39-37-35-23-21-19-17-15-13-11-9-7-2/h8,10,14,16-17,19-20,22-23,25-26,35,55,59H,6-7,9,11-13,15,18,21,24,27-34,36-54H2,1-5H3/p+1/b10-8-,16-14-,19-17-,22-20-,26-25-,35-23-. The Kier molecular flexibility index (Phi) is 47.7. The number of hydrogen-bond donors (Lipinski definition) is 1. The van der Waals surface area contributed by atoms with Gasteiger partial charge < -0.3 is 28.5 Å². The van der Waals surface area contributed by atoms with Crippen LogP contribution in [0.3, 0.4) is 0 Å². The molecule has 0 aromatic rings. The van der Waals surface area contributed by atoms with Gasteiger partial charge in [0.25, 0.3) is 6.29 Å². The van der Waals surface area contributed by atoms with E-state index in [0.29, 0.717) is 17.4 Å². The molecule has 0 spiro atoms. The summed E-state index contributed by atoms with van der Waals surface area (Å²) >= 11 is 0. The van der Waals surface area contributed by atoms with Gasteiger partial charge in [-0.3, -0.25) is 9.59 Å². The monoisotopic (exact) mass is 955 g/mol. The van der Waals surface area contributed by atoms with E-state index in [9.17, 15) is 19.5 Å². The smallest absolute Gasteiger partial charge is 0.361 e. The van der Waals surface area contributed by atoms with E-state index < -0.39 is 24.3 Å². The summed E-state index contributed by atoms with van der Waals surface area (Å²) in [7, 11) is 5.96. The average Bonchev–Trinajstić information content (AvgIpc) is 3.30. The molecule has 0 aliphatic heterocycles. The lowest BCUT2D eigenvalue weighted by atomic mass is 10.0. The van der Waals surface area contributed by atoms with Gasteiger partial charge in [-0.25, -0.2) is 4.79 Å². The Morgan fingerprint density at radius 3 is 1.25 bits per heavy atom. The number of rotatable bonds is 50. The Hall–Kier alpha value is -3.27. The molecule has 0 rings (SSSR count). The molecule has 9 nitrogen and oxygen atoms in total. The van der Waals surface area contributed by atoms with Gasteiger partial charge >= 0.3 is 17.9 Å². The predicted molar refractivity (Wildman–Crippen MR) is 286 cm³/mol. The molecule has 0 aromatic carbocycles. The molecule has 1 N–H and O–H groups in total. The summed E-state index contributed by atoms with van der Waals surface area (Å²) in [6.07, 6.45) is 61.1. The molecule has 0 amide bonds. The Bertz CT molecular complexity index is 1340. The Labute approximate surface area is 417 Å². The minimum atomic E-state index is -1.52. The summed E-state index contributed by atoms with van der Waals surface area (Å²) in [4.78, 5) is 37.3. The van der Waals surface area contributed by atoms with E-state index in [1.807, 2.05) is 21.1 Å². The van der Waals surface area contributed by atoms with E-state index in [2.05, 4.69) is 86.8 Å². The van der Waals surface area contributed by atoms with Gasteiger partial charge in [0, 0.05) is 12.8 Å². The second-order valence-electron chi connectivity index (χ2n) is 19.5. The largest absolute Gasteiger partial charge is 0.477 e. The molecule has 0 fully saturated rings. The van der Waals surface area contributed by atoms with Gasteiger partial charge in [-0.05, 0) is 83.5 Å². The van der Waals surface area contributed by atoms with Crippen molar-refractivity contribution in [2.45, 2.75) is 238 Å². The first-order valence-electron chi connectivity index (χ1n) is 27.6. The van der Waals surface area contributed by atoms with Crippen LogP contribution < -0.4 is 0 Å². The van der Waals surface area contributed by atoms with Gasteiger partial charge in [0.1, 0.15) is 13.2 Å². The number of carboxylic acid groups (broad SMARTS) is 1. The van der Waals surface area contributed by atoms with Crippen molar-refractivity contribution in [3.63, 3.8) is 0 Å². The maximum atomic E-state index is 12.9. The first-order chi connectivity index (χ1) is 33.1. The number of carbonyl (C=O) groups is 3. The molecule has 0 saturated heterocycles. The van der Waals surface area contributed by atoms with Gasteiger partial charge in [-0.1, -0.05) is 202 Å². The van der Waals surface area contributed by atoms with Crippen LogP contribution in [0.15, 0.2) is 72.9 Å². The molecule has 0 aliphatic carbocycles. The number of allylic oxidation sites excluding steroid dienone is 12. The van der Waals surface area contributed by atoms with Gasteiger partial charge in [-0.15, -0.1) is 0 Å². The summed E-state index contributed by atoms with van der Waals surface area (Å²) in [5, 5.41) is 9.69. The number of carboxylic acids is 1. The van der Waals surface area contributed by atoms with Gasteiger partial charge in [0.15, 0.2) is 6.10 Å². The third-order valence-corrected chi connectivity index (χ3v) is 11.7. The van der Waals surface area contributed by atoms with Crippen molar-refractivity contribution in [1.82, 2.24) is 0 Å². The average molecular weight is 955 g/mol. The second-order valence-corrected chi connectivity index (χ2v) is 19.5. The highest BCUT2D eigenvalue weighted by atomic mass is 16.7. The van der Waals surface area contributed by atoms with E-state index in [1.165, 1.54) is 109 Å². The zero-order valence-electron chi connectivity index (χ0n) is 44.5. The number of esters is 2. The van der Waals surface area contributed by atoms with Gasteiger partial charge in [0.05, 0.1) is 34.4 Å². The fraction of sp³-hybridized carbons (Fsp3) is 0.746. The number of quaternary nitrogens is 1. The van der Waals surface area contributed by atoms with Crippen molar-refractivity contribution >= 4 is 17.9 Å². The first kappa shape index (κ1) is 64.7. The van der Waals surface area contributed by atoms with Crippen LogP contribution in [-0.4, -0.2) is 87.4 Å². The summed E-state index contributed by atoms with van der Waals surface area (Å²) in [5.74, 6) is -2.02. The zero-order valence-corrected chi connectivity index (χ0v) is 44.5. The number of unbranched alkanes of at least 4 members (excludes halogenated alkanes) is 23. The molecule has 0 bridgehead atoms. The molecule has 0 aliphatic rings. The minimum absolute atomic E-state index is 0.183. The molecule has 392 valence electrons. The van der Waals surface area contributed by atoms with Crippen LogP contribution in [0.1, 0.15) is 226 Å². The van der Waals surface area contributed by atoms with Crippen molar-refractivity contribution in [2.24, 2.45) is 0 Å². The highest BCUT2D eigenvalue weighted by Crippen LogP contribution is 2.15. The number of aliphatic carboxylic acids is 1.